The molecule has 0 saturated carbocycles. The van der Waals surface area contributed by atoms with Crippen molar-refractivity contribution in [3.63, 3.8) is 0 Å². The number of carbonyl (C=O) groups excluding carboxylic acids is 3. The van der Waals surface area contributed by atoms with Gasteiger partial charge >= 0.3 is 0 Å². The minimum Gasteiger partial charge on any atom is -0.494 e. The number of halogens is 1. The van der Waals surface area contributed by atoms with Crippen LogP contribution in [0.1, 0.15) is 25.3 Å². The van der Waals surface area contributed by atoms with Crippen LogP contribution in [0.3, 0.4) is 0 Å². The Bertz CT molecular complexity index is 958. The van der Waals surface area contributed by atoms with Gasteiger partial charge in [-0.3, -0.25) is 19.3 Å². The smallest absolute Gasteiger partial charge is 0.294 e. The van der Waals surface area contributed by atoms with Crippen LogP contribution in [0.2, 0.25) is 0 Å². The Balaban J connectivity index is 1.60. The molecule has 0 unspecified atom stereocenters. The molecule has 1 aliphatic rings. The molecular weight excluding hydrogens is 468 g/mol. The standard InChI is InChI=1S/C22H21BrN2O4S/c1-2-3-12-29-18-10-4-15(5-11-18)13-19-21(27)25(22(28)30-19)14-20(26)24-17-8-6-16(23)7-9-17/h4-11,13H,2-3,12,14H2,1H3,(H,24,26)/b19-13-. The molecule has 1 saturated heterocycles. The second kappa shape index (κ2) is 10.4. The lowest BCUT2D eigenvalue weighted by Gasteiger charge is -2.12. The van der Waals surface area contributed by atoms with Crippen LogP contribution in [0.25, 0.3) is 6.08 Å². The number of hydrogen-bond donors (Lipinski definition) is 1. The molecule has 3 amide bonds. The summed E-state index contributed by atoms with van der Waals surface area (Å²) in [7, 11) is 0. The molecule has 1 heterocycles. The summed E-state index contributed by atoms with van der Waals surface area (Å²) in [5, 5.41) is 2.22. The number of carbonyl (C=O) groups is 3. The number of imide groups is 1. The second-order valence-electron chi connectivity index (χ2n) is 6.59. The molecule has 0 spiro atoms. The summed E-state index contributed by atoms with van der Waals surface area (Å²) in [6.07, 6.45) is 3.70. The fourth-order valence-corrected chi connectivity index (χ4v) is 3.76. The van der Waals surface area contributed by atoms with E-state index in [0.717, 1.165) is 45.3 Å². The first-order chi connectivity index (χ1) is 14.5. The van der Waals surface area contributed by atoms with E-state index in [4.69, 9.17) is 4.74 Å². The molecule has 0 aliphatic carbocycles. The van der Waals surface area contributed by atoms with E-state index in [-0.39, 0.29) is 11.4 Å². The molecule has 156 valence electrons. The first kappa shape index (κ1) is 22.1. The van der Waals surface area contributed by atoms with Crippen LogP contribution in [0, 0.1) is 0 Å². The van der Waals surface area contributed by atoms with Crippen molar-refractivity contribution in [3.8, 4) is 5.75 Å². The number of nitrogens with zero attached hydrogens (tertiary/aromatic N) is 1. The van der Waals surface area contributed by atoms with Gasteiger partial charge in [0.15, 0.2) is 0 Å². The van der Waals surface area contributed by atoms with Crippen molar-refractivity contribution < 1.29 is 19.1 Å². The highest BCUT2D eigenvalue weighted by molar-refractivity contribution is 9.10. The maximum absolute atomic E-state index is 12.6. The molecule has 1 fully saturated rings. The average molecular weight is 489 g/mol. The lowest BCUT2D eigenvalue weighted by molar-refractivity contribution is -0.127. The van der Waals surface area contributed by atoms with E-state index in [1.165, 1.54) is 0 Å². The van der Waals surface area contributed by atoms with Crippen LogP contribution >= 0.6 is 27.7 Å². The summed E-state index contributed by atoms with van der Waals surface area (Å²) in [6.45, 7) is 2.43. The maximum atomic E-state index is 12.6. The van der Waals surface area contributed by atoms with Gasteiger partial charge in [-0.25, -0.2) is 0 Å². The van der Waals surface area contributed by atoms with E-state index in [1.807, 2.05) is 24.3 Å². The van der Waals surface area contributed by atoms with Gasteiger partial charge < -0.3 is 10.1 Å². The van der Waals surface area contributed by atoms with Gasteiger partial charge in [-0.2, -0.15) is 0 Å². The summed E-state index contributed by atoms with van der Waals surface area (Å²) in [4.78, 5) is 38.3. The van der Waals surface area contributed by atoms with E-state index in [0.29, 0.717) is 12.3 Å². The Morgan fingerprint density at radius 2 is 1.83 bits per heavy atom. The van der Waals surface area contributed by atoms with Crippen LogP contribution in [0.15, 0.2) is 57.9 Å². The number of anilines is 1. The van der Waals surface area contributed by atoms with Crippen molar-refractivity contribution in [3.05, 3.63) is 63.5 Å². The average Bonchev–Trinajstić information content (AvgIpc) is 2.98. The Hall–Kier alpha value is -2.58. The number of benzene rings is 2. The molecule has 0 aromatic heterocycles. The van der Waals surface area contributed by atoms with Crippen LogP contribution in [-0.4, -0.2) is 35.1 Å². The molecule has 6 nitrogen and oxygen atoms in total. The third-order valence-electron chi connectivity index (χ3n) is 4.25. The topological polar surface area (TPSA) is 75.7 Å². The SMILES string of the molecule is CCCCOc1ccc(/C=C2\SC(=O)N(CC(=O)Nc3ccc(Br)cc3)C2=O)cc1. The number of nitrogens with one attached hydrogen (secondary N) is 1. The van der Waals surface area contributed by atoms with Gasteiger partial charge in [0.1, 0.15) is 12.3 Å². The van der Waals surface area contributed by atoms with Crippen LogP contribution in [0.5, 0.6) is 5.75 Å². The fourth-order valence-electron chi connectivity index (χ4n) is 2.66. The van der Waals surface area contributed by atoms with Crippen molar-refractivity contribution in [1.29, 1.82) is 0 Å². The zero-order valence-corrected chi connectivity index (χ0v) is 18.8. The molecule has 1 aliphatic heterocycles. The van der Waals surface area contributed by atoms with Gasteiger partial charge in [0, 0.05) is 10.2 Å². The zero-order chi connectivity index (χ0) is 21.5. The number of ether oxygens (including phenoxy) is 1. The van der Waals surface area contributed by atoms with Crippen molar-refractivity contribution in [2.45, 2.75) is 19.8 Å². The van der Waals surface area contributed by atoms with Crippen LogP contribution in [0.4, 0.5) is 10.5 Å². The van der Waals surface area contributed by atoms with Crippen molar-refractivity contribution in [2.24, 2.45) is 0 Å². The summed E-state index contributed by atoms with van der Waals surface area (Å²) in [5.74, 6) is -0.146. The summed E-state index contributed by atoms with van der Waals surface area (Å²) in [5.41, 5.74) is 1.37. The molecule has 2 aromatic carbocycles. The van der Waals surface area contributed by atoms with Crippen LogP contribution < -0.4 is 10.1 Å². The molecule has 0 atom stereocenters. The molecular formula is C22H21BrN2O4S. The van der Waals surface area contributed by atoms with Crippen molar-refractivity contribution in [2.75, 3.05) is 18.5 Å². The van der Waals surface area contributed by atoms with Gasteiger partial charge in [0.2, 0.25) is 5.91 Å². The molecule has 1 N–H and O–H groups in total. The molecule has 2 aromatic rings. The number of unbranched alkanes of at least 4 members (excludes halogenated alkanes) is 1. The highest BCUT2D eigenvalue weighted by Crippen LogP contribution is 2.32. The third kappa shape index (κ3) is 5.96. The lowest BCUT2D eigenvalue weighted by atomic mass is 10.2. The Kier molecular flexibility index (Phi) is 7.70. The third-order valence-corrected chi connectivity index (χ3v) is 5.68. The number of rotatable bonds is 8. The maximum Gasteiger partial charge on any atom is 0.294 e. The first-order valence-electron chi connectivity index (χ1n) is 9.50. The fraction of sp³-hybridized carbons (Fsp3) is 0.227. The van der Waals surface area contributed by atoms with Gasteiger partial charge in [-0.1, -0.05) is 41.4 Å². The second-order valence-corrected chi connectivity index (χ2v) is 8.50. The monoisotopic (exact) mass is 488 g/mol. The predicted octanol–water partition coefficient (Wildman–Crippen LogP) is 5.30. The highest BCUT2D eigenvalue weighted by Gasteiger charge is 2.36. The Labute approximate surface area is 187 Å². The minimum atomic E-state index is -0.473. The van der Waals surface area contributed by atoms with E-state index in [1.54, 1.807) is 30.3 Å². The lowest BCUT2D eigenvalue weighted by Crippen LogP contribution is -2.36. The van der Waals surface area contributed by atoms with Gasteiger partial charge in [-0.15, -0.1) is 0 Å². The molecule has 0 radical (unpaired) electrons. The molecule has 30 heavy (non-hydrogen) atoms. The van der Waals surface area contributed by atoms with Gasteiger partial charge in [-0.05, 0) is 66.2 Å². The Morgan fingerprint density at radius 3 is 2.50 bits per heavy atom. The zero-order valence-electron chi connectivity index (χ0n) is 16.4. The van der Waals surface area contributed by atoms with Crippen LogP contribution in [-0.2, 0) is 9.59 Å². The molecule has 3 rings (SSSR count). The first-order valence-corrected chi connectivity index (χ1v) is 11.1. The van der Waals surface area contributed by atoms with E-state index in [9.17, 15) is 14.4 Å². The minimum absolute atomic E-state index is 0.288. The normalized spacial score (nSPS) is 15.0. The number of hydrogen-bond acceptors (Lipinski definition) is 5. The van der Waals surface area contributed by atoms with Gasteiger partial charge in [0.25, 0.3) is 11.1 Å². The molecule has 0 bridgehead atoms. The summed E-state index contributed by atoms with van der Waals surface area (Å²) >= 11 is 4.15. The largest absolute Gasteiger partial charge is 0.494 e. The van der Waals surface area contributed by atoms with E-state index in [2.05, 4.69) is 28.2 Å². The summed E-state index contributed by atoms with van der Waals surface area (Å²) in [6, 6.07) is 14.4. The summed E-state index contributed by atoms with van der Waals surface area (Å²) < 4.78 is 6.51. The van der Waals surface area contributed by atoms with Crippen molar-refractivity contribution in [1.82, 2.24) is 4.90 Å². The Morgan fingerprint density at radius 1 is 1.13 bits per heavy atom. The van der Waals surface area contributed by atoms with Gasteiger partial charge in [0.05, 0.1) is 11.5 Å². The number of amides is 3. The van der Waals surface area contributed by atoms with E-state index >= 15 is 0 Å². The molecule has 8 heteroatoms. The predicted molar refractivity (Wildman–Crippen MR) is 122 cm³/mol. The number of thioether (sulfide) groups is 1. The highest BCUT2D eigenvalue weighted by atomic mass is 79.9. The van der Waals surface area contributed by atoms with Crippen molar-refractivity contribution >= 4 is 56.5 Å². The van der Waals surface area contributed by atoms with E-state index < -0.39 is 17.1 Å². The quantitative estimate of drug-likeness (QED) is 0.402.